The molecule has 7 heteroatoms. The molecule has 1 aromatic carbocycles. The van der Waals surface area contributed by atoms with E-state index < -0.39 is 0 Å². The van der Waals surface area contributed by atoms with E-state index in [4.69, 9.17) is 0 Å². The first kappa shape index (κ1) is 21.0. The molecule has 0 bridgehead atoms. The number of amides is 2. The number of carbonyl (C=O) groups excluding carboxylic acids is 2. The average Bonchev–Trinajstić information content (AvgIpc) is 3.00. The molecule has 0 radical (unpaired) electrons. The maximum absolute atomic E-state index is 12.0. The highest BCUT2D eigenvalue weighted by Crippen LogP contribution is 2.27. The minimum atomic E-state index is -0.307. The van der Waals surface area contributed by atoms with Crippen LogP contribution >= 0.6 is 11.3 Å². The third kappa shape index (κ3) is 7.46. The van der Waals surface area contributed by atoms with Gasteiger partial charge in [0.15, 0.2) is 0 Å². The van der Waals surface area contributed by atoms with Crippen molar-refractivity contribution in [2.45, 2.75) is 47.5 Å². The fraction of sp³-hybridized carbons (Fsp3) is 0.500. The first-order valence-electron chi connectivity index (χ1n) is 9.09. The van der Waals surface area contributed by atoms with E-state index in [1.807, 2.05) is 31.2 Å². The van der Waals surface area contributed by atoms with Crippen molar-refractivity contribution in [3.63, 3.8) is 0 Å². The molecule has 2 rings (SSSR count). The molecule has 0 aliphatic carbocycles. The lowest BCUT2D eigenvalue weighted by molar-refractivity contribution is -0.124. The maximum Gasteiger partial charge on any atom is 0.245 e. The summed E-state index contributed by atoms with van der Waals surface area (Å²) in [5, 5.41) is 14.6. The van der Waals surface area contributed by atoms with Gasteiger partial charge in [-0.3, -0.25) is 14.9 Å². The third-order valence-corrected chi connectivity index (χ3v) is 4.80. The lowest BCUT2D eigenvalue weighted by Gasteiger charge is -2.22. The van der Waals surface area contributed by atoms with Gasteiger partial charge in [0.25, 0.3) is 0 Å². The number of benzene rings is 1. The molecule has 1 atom stereocenters. The fourth-order valence-corrected chi connectivity index (χ4v) is 3.70. The van der Waals surface area contributed by atoms with Gasteiger partial charge in [0, 0.05) is 12.0 Å². The molecular weight excluding hydrogens is 360 g/mol. The monoisotopic (exact) mass is 388 g/mol. The van der Waals surface area contributed by atoms with Crippen LogP contribution in [-0.4, -0.2) is 28.6 Å². The molecule has 27 heavy (non-hydrogen) atoms. The molecule has 1 heterocycles. The zero-order chi connectivity index (χ0) is 20.0. The smallest absolute Gasteiger partial charge is 0.245 e. The summed E-state index contributed by atoms with van der Waals surface area (Å²) in [5.41, 5.74) is 2.31. The second-order valence-corrected chi connectivity index (χ2v) is 9.15. The molecule has 2 N–H and O–H groups in total. The maximum atomic E-state index is 12.0. The van der Waals surface area contributed by atoms with Gasteiger partial charge in [0.2, 0.25) is 16.9 Å². The van der Waals surface area contributed by atoms with Crippen LogP contribution in [0.15, 0.2) is 24.3 Å². The molecule has 0 aliphatic rings. The molecule has 2 aromatic rings. The van der Waals surface area contributed by atoms with Crippen molar-refractivity contribution >= 4 is 28.3 Å². The zero-order valence-corrected chi connectivity index (χ0v) is 17.4. The molecule has 146 valence electrons. The summed E-state index contributed by atoms with van der Waals surface area (Å²) in [6.07, 6.45) is 1.38. The molecule has 0 spiro atoms. The highest BCUT2D eigenvalue weighted by atomic mass is 32.1. The van der Waals surface area contributed by atoms with Gasteiger partial charge in [-0.2, -0.15) is 0 Å². The van der Waals surface area contributed by atoms with Crippen molar-refractivity contribution in [1.29, 1.82) is 0 Å². The predicted octanol–water partition coefficient (Wildman–Crippen LogP) is 4.03. The predicted molar refractivity (Wildman–Crippen MR) is 110 cm³/mol. The van der Waals surface area contributed by atoms with Gasteiger partial charge in [0.1, 0.15) is 5.01 Å². The number of carbonyl (C=O) groups is 2. The average molecular weight is 389 g/mol. The summed E-state index contributed by atoms with van der Waals surface area (Å²) in [7, 11) is 0. The summed E-state index contributed by atoms with van der Waals surface area (Å²) in [6, 6.07) is 7.96. The first-order chi connectivity index (χ1) is 12.6. The van der Waals surface area contributed by atoms with Gasteiger partial charge in [0.05, 0.1) is 6.54 Å². The largest absolute Gasteiger partial charge is 0.347 e. The lowest BCUT2D eigenvalue weighted by Crippen LogP contribution is -2.33. The number of nitrogens with one attached hydrogen (secondary N) is 2. The van der Waals surface area contributed by atoms with Crippen LogP contribution in [0.2, 0.25) is 0 Å². The van der Waals surface area contributed by atoms with E-state index >= 15 is 0 Å². The molecule has 1 aromatic heterocycles. The Kier molecular flexibility index (Phi) is 7.07. The number of aryl methyl sites for hydroxylation is 1. The summed E-state index contributed by atoms with van der Waals surface area (Å²) in [4.78, 5) is 24.0. The van der Waals surface area contributed by atoms with Crippen LogP contribution in [-0.2, 0) is 9.59 Å². The van der Waals surface area contributed by atoms with E-state index in [2.05, 4.69) is 48.5 Å². The number of anilines is 1. The van der Waals surface area contributed by atoms with Crippen LogP contribution in [0.4, 0.5) is 5.13 Å². The zero-order valence-electron chi connectivity index (χ0n) is 16.6. The first-order valence-corrected chi connectivity index (χ1v) is 9.91. The Labute approximate surface area is 164 Å². The number of hydrogen-bond acceptors (Lipinski definition) is 5. The normalized spacial score (nSPS) is 12.5. The van der Waals surface area contributed by atoms with E-state index in [1.54, 1.807) is 0 Å². The van der Waals surface area contributed by atoms with Crippen molar-refractivity contribution < 1.29 is 9.59 Å². The summed E-state index contributed by atoms with van der Waals surface area (Å²) < 4.78 is 0. The SMILES string of the molecule is Cc1ccc(-c2nnc(NC(=O)CNC(=O)C[C@H](C)CC(C)(C)C)s2)cc1. The van der Waals surface area contributed by atoms with E-state index in [-0.39, 0.29) is 29.7 Å². The van der Waals surface area contributed by atoms with Crippen LogP contribution in [0.3, 0.4) is 0 Å². The number of aromatic nitrogens is 2. The summed E-state index contributed by atoms with van der Waals surface area (Å²) >= 11 is 1.30. The molecule has 6 nitrogen and oxygen atoms in total. The van der Waals surface area contributed by atoms with E-state index in [0.717, 1.165) is 17.0 Å². The van der Waals surface area contributed by atoms with Crippen molar-refractivity contribution in [2.75, 3.05) is 11.9 Å². The quantitative estimate of drug-likeness (QED) is 0.750. The van der Waals surface area contributed by atoms with Gasteiger partial charge < -0.3 is 5.32 Å². The van der Waals surface area contributed by atoms with Crippen molar-refractivity contribution in [3.8, 4) is 10.6 Å². The molecule has 0 saturated carbocycles. The van der Waals surface area contributed by atoms with E-state index in [0.29, 0.717) is 11.6 Å². The number of nitrogens with zero attached hydrogens (tertiary/aromatic N) is 2. The third-order valence-electron chi connectivity index (χ3n) is 3.91. The lowest BCUT2D eigenvalue weighted by atomic mass is 9.84. The molecule has 0 aliphatic heterocycles. The summed E-state index contributed by atoms with van der Waals surface area (Å²) in [5.74, 6) is -0.147. The van der Waals surface area contributed by atoms with Crippen LogP contribution in [0.5, 0.6) is 0 Å². The Morgan fingerprint density at radius 2 is 1.78 bits per heavy atom. The highest BCUT2D eigenvalue weighted by Gasteiger charge is 2.18. The Hall–Kier alpha value is -2.28. The summed E-state index contributed by atoms with van der Waals surface area (Å²) in [6.45, 7) is 10.5. The molecule has 2 amide bonds. The molecule has 0 saturated heterocycles. The van der Waals surface area contributed by atoms with Crippen LogP contribution in [0.1, 0.15) is 46.1 Å². The fourth-order valence-electron chi connectivity index (χ4n) is 2.94. The second-order valence-electron chi connectivity index (χ2n) is 8.18. The van der Waals surface area contributed by atoms with Crippen LogP contribution < -0.4 is 10.6 Å². The van der Waals surface area contributed by atoms with Crippen molar-refractivity contribution in [3.05, 3.63) is 29.8 Å². The van der Waals surface area contributed by atoms with Crippen LogP contribution in [0, 0.1) is 18.3 Å². The number of hydrogen-bond donors (Lipinski definition) is 2. The van der Waals surface area contributed by atoms with Gasteiger partial charge in [-0.15, -0.1) is 10.2 Å². The Bertz CT molecular complexity index is 778. The molecule has 0 unspecified atom stereocenters. The molecule has 0 fully saturated rings. The van der Waals surface area contributed by atoms with Crippen molar-refractivity contribution in [2.24, 2.45) is 11.3 Å². The van der Waals surface area contributed by atoms with E-state index in [1.165, 1.54) is 16.9 Å². The van der Waals surface area contributed by atoms with Gasteiger partial charge >= 0.3 is 0 Å². The van der Waals surface area contributed by atoms with Gasteiger partial charge in [-0.05, 0) is 24.7 Å². The van der Waals surface area contributed by atoms with Crippen LogP contribution in [0.25, 0.3) is 10.6 Å². The highest BCUT2D eigenvalue weighted by molar-refractivity contribution is 7.18. The Balaban J connectivity index is 1.79. The number of rotatable bonds is 7. The second kappa shape index (κ2) is 9.08. The standard InChI is InChI=1S/C20H28N4O2S/c1-13-6-8-15(9-7-13)18-23-24-19(27-18)22-17(26)12-21-16(25)10-14(2)11-20(3,4)5/h6-9,14H,10-12H2,1-5H3,(H,21,25)(H,22,24,26)/t14-/m0/s1. The van der Waals surface area contributed by atoms with Gasteiger partial charge in [-0.25, -0.2) is 0 Å². The van der Waals surface area contributed by atoms with Gasteiger partial charge in [-0.1, -0.05) is 68.9 Å². The molecular formula is C20H28N4O2S. The topological polar surface area (TPSA) is 84.0 Å². The Morgan fingerprint density at radius 1 is 1.11 bits per heavy atom. The minimum absolute atomic E-state index is 0.0689. The van der Waals surface area contributed by atoms with E-state index in [9.17, 15) is 9.59 Å². The Morgan fingerprint density at radius 3 is 2.41 bits per heavy atom. The minimum Gasteiger partial charge on any atom is -0.347 e. The van der Waals surface area contributed by atoms with Crippen molar-refractivity contribution in [1.82, 2.24) is 15.5 Å².